The zero-order chi connectivity index (χ0) is 46.3. The minimum absolute atomic E-state index is 0. The maximum Gasteiger partial charge on any atom is 2.00 e. The smallest absolute Gasteiger partial charge is 0.663 e. The maximum atomic E-state index is 5.80. The van der Waals surface area contributed by atoms with Gasteiger partial charge in [0.25, 0.3) is 0 Å². The van der Waals surface area contributed by atoms with Gasteiger partial charge in [0.2, 0.25) is 0 Å². The zero-order valence-corrected chi connectivity index (χ0v) is 42.1. The minimum atomic E-state index is -1.22. The van der Waals surface area contributed by atoms with Gasteiger partial charge in [-0.3, -0.25) is 15.0 Å². The van der Waals surface area contributed by atoms with E-state index in [1.807, 2.05) is 0 Å². The molecule has 2 aromatic heterocycles. The van der Waals surface area contributed by atoms with Crippen LogP contribution in [0, 0.1) is 5.41 Å². The SMILES string of the molecule is CCC1(CC)C2=N[C@]3(C=C2)C(CC)(CC)[C@@]32C=CC(=N2)C(CC)(CC)c2ccc([n-]2)C(CC)(CC)c2cccc1n2.[Ni+2].c1ccc([B-](c2ccccc2)(c2ccccc2)c2ccccc2)cc1. The average molecular weight is 928 g/mol. The molecule has 5 heterocycles. The van der Waals surface area contributed by atoms with Crippen LogP contribution >= 0.6 is 0 Å². The second-order valence-electron chi connectivity index (χ2n) is 19.5. The van der Waals surface area contributed by atoms with E-state index >= 15 is 0 Å². The third-order valence-corrected chi connectivity index (χ3v) is 17.9. The molecule has 0 amide bonds. The van der Waals surface area contributed by atoms with E-state index in [-0.39, 0.29) is 49.2 Å². The molecule has 1 saturated carbocycles. The van der Waals surface area contributed by atoms with Gasteiger partial charge in [-0.1, -0.05) is 207 Å². The van der Waals surface area contributed by atoms with Gasteiger partial charge < -0.3 is 4.98 Å². The monoisotopic (exact) mass is 926 g/mol. The van der Waals surface area contributed by atoms with Gasteiger partial charge in [0, 0.05) is 33.4 Å². The second-order valence-corrected chi connectivity index (χ2v) is 19.5. The molecule has 3 aliphatic heterocycles. The zero-order valence-electron chi connectivity index (χ0n) is 41.1. The first kappa shape index (κ1) is 48.2. The molecule has 346 valence electrons. The van der Waals surface area contributed by atoms with Crippen molar-refractivity contribution >= 4 is 39.4 Å². The van der Waals surface area contributed by atoms with Crippen LogP contribution in [0.5, 0.6) is 0 Å². The third kappa shape index (κ3) is 6.70. The second kappa shape index (κ2) is 18.6. The van der Waals surface area contributed by atoms with Gasteiger partial charge >= 0.3 is 16.5 Å². The largest absolute Gasteiger partial charge is 2.00 e. The molecule has 2 atom stereocenters. The Kier molecular flexibility index (Phi) is 13.4. The molecule has 4 aromatic carbocycles. The van der Waals surface area contributed by atoms with Gasteiger partial charge in [0.15, 0.2) is 0 Å². The molecule has 1 aliphatic carbocycles. The molecular formula is C61H69BN4Ni. The van der Waals surface area contributed by atoms with Crippen LogP contribution in [0.25, 0.3) is 0 Å². The Hall–Kier alpha value is -5.31. The molecule has 0 N–H and O–H groups in total. The molecule has 67 heavy (non-hydrogen) atoms. The van der Waals surface area contributed by atoms with Crippen molar-refractivity contribution < 1.29 is 16.5 Å². The van der Waals surface area contributed by atoms with Crippen molar-refractivity contribution in [3.05, 3.63) is 199 Å². The molecule has 4 nitrogen and oxygen atoms in total. The van der Waals surface area contributed by atoms with Gasteiger partial charge in [0.1, 0.15) is 17.2 Å². The summed E-state index contributed by atoms with van der Waals surface area (Å²) in [5.41, 5.74) is 10.9. The number of allylic oxidation sites excluding steroid dienone is 2. The number of fused-ring (bicyclic) bond motifs is 4. The summed E-state index contributed by atoms with van der Waals surface area (Å²) in [4.78, 5) is 22.7. The first-order chi connectivity index (χ1) is 32.2. The van der Waals surface area contributed by atoms with Crippen molar-refractivity contribution in [3.63, 3.8) is 0 Å². The molecule has 4 aliphatic rings. The number of nitrogens with zero attached hydrogens (tertiary/aromatic N) is 4. The number of pyridine rings is 1. The van der Waals surface area contributed by atoms with Crippen molar-refractivity contribution in [2.24, 2.45) is 15.4 Å². The summed E-state index contributed by atoms with van der Waals surface area (Å²) in [6.45, 7) is 18.5. The molecule has 10 rings (SSSR count). The van der Waals surface area contributed by atoms with E-state index in [1.165, 1.54) is 33.3 Å². The normalized spacial score (nSPS) is 21.9. The standard InChI is InChI=1S/C37H49N4.C24H20B.Ni/c1-9-32(10-2)26-18-17-19-27(38-26)33(11-3,12-4)30-22-24-36(40-30)35(15-7,16-8)37(36)25-23-31(41-37)34(13-5,14-6)29-21-20-28(32)39-29;1-5-13-21(14-6-1)25(22-15-7-2-8-16-22,23-17-9-3-10-18-23)24-19-11-4-12-20-24;/h17-25H,9-16H2,1-8H3;1-20H;/q2*-1;+2/t36-,37+;;/m1../s1. The van der Waals surface area contributed by atoms with E-state index < -0.39 is 6.15 Å². The molecular weight excluding hydrogens is 858 g/mol. The summed E-state index contributed by atoms with van der Waals surface area (Å²) >= 11 is 0. The van der Waals surface area contributed by atoms with Crippen molar-refractivity contribution in [2.75, 3.05) is 0 Å². The summed E-state index contributed by atoms with van der Waals surface area (Å²) in [5.74, 6) is 0. The van der Waals surface area contributed by atoms with E-state index in [1.54, 1.807) is 0 Å². The summed E-state index contributed by atoms with van der Waals surface area (Å²) in [7, 11) is 0. The van der Waals surface area contributed by atoms with Crippen LogP contribution in [0.1, 0.15) is 130 Å². The van der Waals surface area contributed by atoms with E-state index in [9.17, 15) is 0 Å². The molecule has 8 bridgehead atoms. The Morgan fingerprint density at radius 3 is 1.09 bits per heavy atom. The maximum absolute atomic E-state index is 5.80. The van der Waals surface area contributed by atoms with Gasteiger partial charge in [-0.2, -0.15) is 21.9 Å². The topological polar surface area (TPSA) is 51.7 Å². The summed E-state index contributed by atoms with van der Waals surface area (Å²) in [5, 5.41) is 0. The number of aliphatic imine (C=N–C) groups is 2. The number of hydrogen-bond acceptors (Lipinski definition) is 3. The molecule has 1 fully saturated rings. The fourth-order valence-electron chi connectivity index (χ4n) is 13.8. The van der Waals surface area contributed by atoms with Crippen molar-refractivity contribution in [3.8, 4) is 0 Å². The van der Waals surface area contributed by atoms with Gasteiger partial charge in [-0.05, 0) is 75.7 Å². The minimum Gasteiger partial charge on any atom is -0.663 e. The van der Waals surface area contributed by atoms with Crippen LogP contribution in [0.15, 0.2) is 186 Å². The van der Waals surface area contributed by atoms with E-state index in [0.717, 1.165) is 74.1 Å². The van der Waals surface area contributed by atoms with E-state index in [4.69, 9.17) is 20.0 Å². The molecule has 6 heteroatoms. The van der Waals surface area contributed by atoms with E-state index in [2.05, 4.69) is 231 Å². The fourth-order valence-corrected chi connectivity index (χ4v) is 13.8. The van der Waals surface area contributed by atoms with Crippen LogP contribution in [-0.4, -0.2) is 33.6 Å². The number of hydrogen-bond donors (Lipinski definition) is 0. The summed E-state index contributed by atoms with van der Waals surface area (Å²) in [6.07, 6.45) is 16.2. The third-order valence-electron chi connectivity index (χ3n) is 17.9. The number of benzene rings is 4. The van der Waals surface area contributed by atoms with Gasteiger partial charge in [0.05, 0.1) is 11.1 Å². The Labute approximate surface area is 411 Å². The molecule has 0 unspecified atom stereocenters. The quantitative estimate of drug-likeness (QED) is 0.115. The average Bonchev–Trinajstić information content (AvgIpc) is 4.04. The van der Waals surface area contributed by atoms with Crippen molar-refractivity contribution in [2.45, 2.75) is 134 Å². The Balaban J connectivity index is 0.000000200. The molecule has 2 spiro atoms. The summed E-state index contributed by atoms with van der Waals surface area (Å²) < 4.78 is 0. The summed E-state index contributed by atoms with van der Waals surface area (Å²) in [6, 6.07) is 54.8. The fraction of sp³-hybridized carbons (Fsp3) is 0.361. The number of aromatic nitrogens is 2. The predicted molar refractivity (Wildman–Crippen MR) is 282 cm³/mol. The molecule has 0 radical (unpaired) electrons. The Bertz CT molecular complexity index is 2590. The van der Waals surface area contributed by atoms with Crippen molar-refractivity contribution in [1.29, 1.82) is 0 Å². The van der Waals surface area contributed by atoms with Crippen molar-refractivity contribution in [1.82, 2.24) is 9.97 Å². The van der Waals surface area contributed by atoms with Gasteiger partial charge in [-0.25, -0.2) is 0 Å². The van der Waals surface area contributed by atoms with Crippen LogP contribution in [0.2, 0.25) is 0 Å². The predicted octanol–water partition coefficient (Wildman–Crippen LogP) is 11.7. The van der Waals surface area contributed by atoms with Crippen LogP contribution < -0.4 is 26.8 Å². The number of rotatable bonds is 12. The first-order valence-electron chi connectivity index (χ1n) is 25.3. The molecule has 6 aromatic rings. The molecule has 0 saturated heterocycles. The van der Waals surface area contributed by atoms with Gasteiger partial charge in [-0.15, -0.1) is 11.4 Å². The van der Waals surface area contributed by atoms with Crippen LogP contribution in [-0.2, 0) is 32.7 Å². The van der Waals surface area contributed by atoms with Crippen LogP contribution in [0.4, 0.5) is 0 Å². The Morgan fingerprint density at radius 1 is 0.388 bits per heavy atom. The Morgan fingerprint density at radius 2 is 0.731 bits per heavy atom. The van der Waals surface area contributed by atoms with E-state index in [0.29, 0.717) is 0 Å². The van der Waals surface area contributed by atoms with Crippen LogP contribution in [0.3, 0.4) is 0 Å². The first-order valence-corrected chi connectivity index (χ1v) is 25.3.